The fourth-order valence-corrected chi connectivity index (χ4v) is 2.01. The van der Waals surface area contributed by atoms with Gasteiger partial charge in [-0.05, 0) is 19.3 Å². The van der Waals surface area contributed by atoms with Crippen molar-refractivity contribution in [1.29, 1.82) is 0 Å². The van der Waals surface area contributed by atoms with Gasteiger partial charge in [-0.2, -0.15) is 0 Å². The Bertz CT molecular complexity index is 354. The Balaban J connectivity index is 2.25. The monoisotopic (exact) mass is 257 g/mol. The minimum absolute atomic E-state index is 0.273. The molecule has 1 aromatic rings. The number of aryl methyl sites for hydroxylation is 1. The number of anilines is 1. The van der Waals surface area contributed by atoms with Crippen LogP contribution in [-0.2, 0) is 6.42 Å². The number of aliphatic hydroxyl groups is 1. The number of nitrogens with zero attached hydrogens (tertiary/aromatic N) is 1. The molecule has 1 heterocycles. The van der Waals surface area contributed by atoms with Crippen molar-refractivity contribution in [3.8, 4) is 0 Å². The first-order valence-electron chi connectivity index (χ1n) is 5.83. The summed E-state index contributed by atoms with van der Waals surface area (Å²) in [6.07, 6.45) is 1.79. The van der Waals surface area contributed by atoms with Crippen LogP contribution in [0.5, 0.6) is 0 Å². The summed E-state index contributed by atoms with van der Waals surface area (Å²) in [5, 5.41) is 17.2. The van der Waals surface area contributed by atoms with Gasteiger partial charge in [0.1, 0.15) is 0 Å². The molecule has 0 aliphatic carbocycles. The van der Waals surface area contributed by atoms with Gasteiger partial charge in [0.25, 0.3) is 0 Å². The van der Waals surface area contributed by atoms with E-state index in [9.17, 15) is 9.90 Å². The second kappa shape index (κ2) is 7.24. The van der Waals surface area contributed by atoms with Crippen molar-refractivity contribution in [2.24, 2.45) is 0 Å². The molecule has 0 spiro atoms. The number of aliphatic hydroxyl groups excluding tert-OH is 1. The van der Waals surface area contributed by atoms with Crippen LogP contribution in [0.1, 0.15) is 32.4 Å². The number of carbonyl (C=O) groups excluding carboxylic acids is 1. The van der Waals surface area contributed by atoms with Crippen molar-refractivity contribution in [3.05, 3.63) is 11.1 Å². The highest BCUT2D eigenvalue weighted by atomic mass is 32.1. The Morgan fingerprint density at radius 2 is 2.35 bits per heavy atom. The molecule has 1 atom stereocenters. The normalized spacial score (nSPS) is 12.2. The predicted octanol–water partition coefficient (Wildman–Crippen LogP) is 1.99. The highest BCUT2D eigenvalue weighted by molar-refractivity contribution is 7.13. The average Bonchev–Trinajstić information content (AvgIpc) is 2.76. The number of aromatic nitrogens is 1. The molecule has 6 heteroatoms. The van der Waals surface area contributed by atoms with Gasteiger partial charge in [-0.1, -0.05) is 13.8 Å². The number of carbonyl (C=O) groups is 1. The minimum atomic E-state index is -0.346. The maximum atomic E-state index is 11.4. The number of urea groups is 1. The minimum Gasteiger partial charge on any atom is -0.393 e. The van der Waals surface area contributed by atoms with Crippen LogP contribution in [0.25, 0.3) is 0 Å². The van der Waals surface area contributed by atoms with Crippen LogP contribution in [-0.4, -0.2) is 28.8 Å². The predicted molar refractivity (Wildman–Crippen MR) is 69.4 cm³/mol. The molecule has 0 aliphatic heterocycles. The van der Waals surface area contributed by atoms with Crippen LogP contribution in [0.4, 0.5) is 9.93 Å². The molecule has 96 valence electrons. The summed E-state index contributed by atoms with van der Waals surface area (Å²) in [5.74, 6) is 0. The molecule has 0 radical (unpaired) electrons. The van der Waals surface area contributed by atoms with E-state index in [0.29, 0.717) is 24.5 Å². The summed E-state index contributed by atoms with van der Waals surface area (Å²) in [6.45, 7) is 4.39. The Morgan fingerprint density at radius 1 is 1.59 bits per heavy atom. The van der Waals surface area contributed by atoms with Gasteiger partial charge >= 0.3 is 6.03 Å². The molecule has 17 heavy (non-hydrogen) atoms. The number of thiazole rings is 1. The van der Waals surface area contributed by atoms with Crippen molar-refractivity contribution in [2.45, 2.75) is 39.2 Å². The van der Waals surface area contributed by atoms with Crippen LogP contribution in [0.2, 0.25) is 0 Å². The second-order valence-corrected chi connectivity index (χ2v) is 4.59. The Hall–Kier alpha value is -1.14. The first kappa shape index (κ1) is 13.9. The molecule has 0 saturated carbocycles. The molecule has 1 aromatic heterocycles. The van der Waals surface area contributed by atoms with Crippen LogP contribution in [0, 0.1) is 0 Å². The molecule has 1 unspecified atom stereocenters. The zero-order valence-electron chi connectivity index (χ0n) is 10.2. The van der Waals surface area contributed by atoms with E-state index >= 15 is 0 Å². The molecule has 0 saturated heterocycles. The molecule has 0 fully saturated rings. The highest BCUT2D eigenvalue weighted by Gasteiger charge is 2.06. The van der Waals surface area contributed by atoms with Gasteiger partial charge in [-0.25, -0.2) is 9.78 Å². The highest BCUT2D eigenvalue weighted by Crippen LogP contribution is 2.15. The summed E-state index contributed by atoms with van der Waals surface area (Å²) >= 11 is 1.41. The van der Waals surface area contributed by atoms with E-state index in [4.69, 9.17) is 0 Å². The van der Waals surface area contributed by atoms with Crippen LogP contribution >= 0.6 is 11.3 Å². The molecule has 5 nitrogen and oxygen atoms in total. The summed E-state index contributed by atoms with van der Waals surface area (Å²) in [7, 11) is 0. The molecule has 0 aromatic carbocycles. The summed E-state index contributed by atoms with van der Waals surface area (Å²) in [4.78, 5) is 15.7. The Morgan fingerprint density at radius 3 is 2.94 bits per heavy atom. The van der Waals surface area contributed by atoms with Crippen LogP contribution < -0.4 is 10.6 Å². The van der Waals surface area contributed by atoms with E-state index in [-0.39, 0.29) is 12.1 Å². The van der Waals surface area contributed by atoms with Gasteiger partial charge < -0.3 is 10.4 Å². The zero-order chi connectivity index (χ0) is 12.7. The van der Waals surface area contributed by atoms with Gasteiger partial charge in [0, 0.05) is 11.9 Å². The lowest BCUT2D eigenvalue weighted by Gasteiger charge is -2.08. The summed E-state index contributed by atoms with van der Waals surface area (Å²) < 4.78 is 0. The number of amides is 2. The number of rotatable bonds is 6. The van der Waals surface area contributed by atoms with Gasteiger partial charge in [0.05, 0.1) is 11.8 Å². The summed E-state index contributed by atoms with van der Waals surface area (Å²) in [6, 6.07) is -0.273. The lowest BCUT2D eigenvalue weighted by Crippen LogP contribution is -2.31. The standard InChI is InChI=1S/C11H19N3O2S/c1-3-8-7-17-11(13-8)14-10(16)12-6-5-9(15)4-2/h7,9,15H,3-6H2,1-2H3,(H2,12,13,14,16). The lowest BCUT2D eigenvalue weighted by molar-refractivity contribution is 0.160. The van der Waals surface area contributed by atoms with Crippen molar-refractivity contribution in [1.82, 2.24) is 10.3 Å². The molecule has 1 rings (SSSR count). The van der Waals surface area contributed by atoms with Crippen molar-refractivity contribution in [2.75, 3.05) is 11.9 Å². The second-order valence-electron chi connectivity index (χ2n) is 3.73. The first-order valence-corrected chi connectivity index (χ1v) is 6.71. The van der Waals surface area contributed by atoms with Gasteiger partial charge in [0.2, 0.25) is 0 Å². The smallest absolute Gasteiger partial charge is 0.321 e. The Labute approximate surface area is 105 Å². The fourth-order valence-electron chi connectivity index (χ4n) is 1.22. The van der Waals surface area contributed by atoms with Gasteiger partial charge in [-0.15, -0.1) is 11.3 Å². The summed E-state index contributed by atoms with van der Waals surface area (Å²) in [5.41, 5.74) is 0.978. The lowest BCUT2D eigenvalue weighted by atomic mass is 10.2. The van der Waals surface area contributed by atoms with Crippen molar-refractivity contribution >= 4 is 22.5 Å². The third-order valence-corrected chi connectivity index (χ3v) is 3.18. The average molecular weight is 257 g/mol. The molecule has 2 amide bonds. The Kier molecular flexibility index (Phi) is 5.93. The SMILES string of the molecule is CCc1csc(NC(=O)NCCC(O)CC)n1. The third kappa shape index (κ3) is 5.14. The maximum absolute atomic E-state index is 11.4. The molecule has 0 aliphatic rings. The molecular formula is C11H19N3O2S. The van der Waals surface area contributed by atoms with Crippen LogP contribution in [0.3, 0.4) is 0 Å². The maximum Gasteiger partial charge on any atom is 0.321 e. The molecule has 3 N–H and O–H groups in total. The zero-order valence-corrected chi connectivity index (χ0v) is 11.0. The van der Waals surface area contributed by atoms with Crippen LogP contribution in [0.15, 0.2) is 5.38 Å². The van der Waals surface area contributed by atoms with Crippen molar-refractivity contribution < 1.29 is 9.90 Å². The van der Waals surface area contributed by atoms with E-state index in [0.717, 1.165) is 12.1 Å². The number of hydrogen-bond acceptors (Lipinski definition) is 4. The van der Waals surface area contributed by atoms with E-state index < -0.39 is 0 Å². The van der Waals surface area contributed by atoms with Gasteiger partial charge in [-0.3, -0.25) is 5.32 Å². The van der Waals surface area contributed by atoms with E-state index in [1.807, 2.05) is 19.2 Å². The van der Waals surface area contributed by atoms with Gasteiger partial charge in [0.15, 0.2) is 5.13 Å². The fraction of sp³-hybridized carbons (Fsp3) is 0.636. The first-order chi connectivity index (χ1) is 8.15. The van der Waals surface area contributed by atoms with E-state index in [2.05, 4.69) is 15.6 Å². The van der Waals surface area contributed by atoms with E-state index in [1.54, 1.807) is 0 Å². The quantitative estimate of drug-likeness (QED) is 0.729. The largest absolute Gasteiger partial charge is 0.393 e. The molecule has 0 bridgehead atoms. The van der Waals surface area contributed by atoms with E-state index in [1.165, 1.54) is 11.3 Å². The third-order valence-electron chi connectivity index (χ3n) is 2.37. The van der Waals surface area contributed by atoms with Crippen molar-refractivity contribution in [3.63, 3.8) is 0 Å². The topological polar surface area (TPSA) is 74.2 Å². The molecular weight excluding hydrogens is 238 g/mol. The number of nitrogens with one attached hydrogen (secondary N) is 2. The number of hydrogen-bond donors (Lipinski definition) is 3.